The van der Waals surface area contributed by atoms with Gasteiger partial charge in [-0.25, -0.2) is 4.39 Å². The molecule has 24 heavy (non-hydrogen) atoms. The van der Waals surface area contributed by atoms with Crippen LogP contribution in [0.5, 0.6) is 5.75 Å². The number of carbonyl (C=O) groups excluding carboxylic acids is 1. The van der Waals surface area contributed by atoms with E-state index in [4.69, 9.17) is 4.74 Å². The fourth-order valence-corrected chi connectivity index (χ4v) is 3.37. The number of rotatable bonds is 7. The van der Waals surface area contributed by atoms with Crippen LogP contribution in [0.2, 0.25) is 0 Å². The summed E-state index contributed by atoms with van der Waals surface area (Å²) in [5, 5.41) is 3.04. The minimum atomic E-state index is -0.676. The summed E-state index contributed by atoms with van der Waals surface area (Å²) in [5.74, 6) is -0.493. The molecule has 0 aromatic heterocycles. The number of nitrogens with one attached hydrogen (secondary N) is 1. The molecule has 1 aromatic carbocycles. The van der Waals surface area contributed by atoms with E-state index < -0.39 is 11.9 Å². The maximum absolute atomic E-state index is 13.7. The molecule has 1 N–H and O–H groups in total. The van der Waals surface area contributed by atoms with Gasteiger partial charge in [0.1, 0.15) is 0 Å². The van der Waals surface area contributed by atoms with Crippen molar-refractivity contribution < 1.29 is 13.9 Å². The van der Waals surface area contributed by atoms with Crippen molar-refractivity contribution in [3.63, 3.8) is 0 Å². The third kappa shape index (κ3) is 4.47. The summed E-state index contributed by atoms with van der Waals surface area (Å²) >= 11 is 0. The van der Waals surface area contributed by atoms with Crippen molar-refractivity contribution in [3.05, 3.63) is 30.1 Å². The molecule has 134 valence electrons. The highest BCUT2D eigenvalue weighted by Gasteiger charge is 2.35. The van der Waals surface area contributed by atoms with E-state index in [1.165, 1.54) is 25.3 Å². The number of benzene rings is 1. The molecule has 1 aliphatic rings. The number of hydrogen-bond acceptors (Lipinski definition) is 3. The van der Waals surface area contributed by atoms with Crippen molar-refractivity contribution in [2.24, 2.45) is 0 Å². The van der Waals surface area contributed by atoms with Gasteiger partial charge in [-0.3, -0.25) is 4.79 Å². The number of para-hydroxylation sites is 1. The van der Waals surface area contributed by atoms with Crippen LogP contribution in [0.4, 0.5) is 4.39 Å². The van der Waals surface area contributed by atoms with Crippen LogP contribution >= 0.6 is 0 Å². The van der Waals surface area contributed by atoms with Crippen LogP contribution < -0.4 is 10.1 Å². The summed E-state index contributed by atoms with van der Waals surface area (Å²) in [7, 11) is 4.15. The second-order valence-corrected chi connectivity index (χ2v) is 6.84. The number of halogens is 1. The highest BCUT2D eigenvalue weighted by atomic mass is 19.1. The molecule has 1 aliphatic carbocycles. The number of carbonyl (C=O) groups is 1. The zero-order valence-corrected chi connectivity index (χ0v) is 15.0. The van der Waals surface area contributed by atoms with Crippen molar-refractivity contribution in [1.82, 2.24) is 10.2 Å². The van der Waals surface area contributed by atoms with E-state index >= 15 is 0 Å². The molecule has 2 rings (SSSR count). The molecule has 5 heteroatoms. The molecule has 0 radical (unpaired) electrons. The third-order valence-corrected chi connectivity index (χ3v) is 5.09. The number of nitrogens with zero attached hydrogens (tertiary/aromatic N) is 1. The Bertz CT molecular complexity index is 542. The summed E-state index contributed by atoms with van der Waals surface area (Å²) in [6, 6.07) is 6.19. The average molecular weight is 336 g/mol. The van der Waals surface area contributed by atoms with Crippen molar-refractivity contribution in [1.29, 1.82) is 0 Å². The zero-order valence-electron chi connectivity index (χ0n) is 15.0. The van der Waals surface area contributed by atoms with Gasteiger partial charge in [0.2, 0.25) is 0 Å². The third-order valence-electron chi connectivity index (χ3n) is 5.09. The molecular formula is C19H29FN2O2. The van der Waals surface area contributed by atoms with Crippen molar-refractivity contribution in [2.75, 3.05) is 20.6 Å². The van der Waals surface area contributed by atoms with Crippen molar-refractivity contribution in [3.8, 4) is 5.75 Å². The molecule has 0 aliphatic heterocycles. The minimum absolute atomic E-state index is 0.0181. The summed E-state index contributed by atoms with van der Waals surface area (Å²) < 4.78 is 19.3. The molecule has 0 spiro atoms. The molecule has 1 atom stereocenters. The van der Waals surface area contributed by atoms with Gasteiger partial charge in [-0.15, -0.1) is 0 Å². The van der Waals surface area contributed by atoms with Crippen LogP contribution in [0.3, 0.4) is 0 Å². The van der Waals surface area contributed by atoms with Crippen LogP contribution in [-0.4, -0.2) is 43.1 Å². The Morgan fingerprint density at radius 1 is 1.29 bits per heavy atom. The van der Waals surface area contributed by atoms with E-state index in [1.807, 2.05) is 6.92 Å². The van der Waals surface area contributed by atoms with Gasteiger partial charge in [0.05, 0.1) is 0 Å². The smallest absolute Gasteiger partial charge is 0.261 e. The fraction of sp³-hybridized carbons (Fsp3) is 0.632. The average Bonchev–Trinajstić information content (AvgIpc) is 2.59. The Balaban J connectivity index is 1.97. The normalized spacial score (nSPS) is 18.2. The Kier molecular flexibility index (Phi) is 6.60. The lowest BCUT2D eigenvalue weighted by Crippen LogP contribution is -2.55. The maximum Gasteiger partial charge on any atom is 0.261 e. The van der Waals surface area contributed by atoms with Crippen LogP contribution in [0.15, 0.2) is 24.3 Å². The molecule has 1 fully saturated rings. The van der Waals surface area contributed by atoms with Gasteiger partial charge in [-0.05, 0) is 45.5 Å². The van der Waals surface area contributed by atoms with Gasteiger partial charge >= 0.3 is 0 Å². The number of amides is 1. The van der Waals surface area contributed by atoms with Crippen LogP contribution in [0, 0.1) is 5.82 Å². The number of hydrogen-bond donors (Lipinski definition) is 1. The molecule has 1 amide bonds. The number of likely N-dealkylation sites (N-methyl/N-ethyl adjacent to an activating group) is 1. The van der Waals surface area contributed by atoms with Crippen LogP contribution in [-0.2, 0) is 4.79 Å². The molecule has 1 aromatic rings. The quantitative estimate of drug-likeness (QED) is 0.830. The summed E-state index contributed by atoms with van der Waals surface area (Å²) in [5.41, 5.74) is 0.0181. The largest absolute Gasteiger partial charge is 0.478 e. The Hall–Kier alpha value is -1.62. The SMILES string of the molecule is CC[C@@H](Oc1ccccc1F)C(=O)NCC1(N(C)C)CCCCC1. The Morgan fingerprint density at radius 3 is 2.54 bits per heavy atom. The number of ether oxygens (including phenoxy) is 1. The van der Waals surface area contributed by atoms with E-state index in [1.54, 1.807) is 18.2 Å². The molecule has 4 nitrogen and oxygen atoms in total. The zero-order chi connectivity index (χ0) is 17.6. The molecule has 1 saturated carbocycles. The van der Waals surface area contributed by atoms with Gasteiger partial charge in [-0.1, -0.05) is 38.3 Å². The second-order valence-electron chi connectivity index (χ2n) is 6.84. The monoisotopic (exact) mass is 336 g/mol. The topological polar surface area (TPSA) is 41.6 Å². The molecule has 0 saturated heterocycles. The Morgan fingerprint density at radius 2 is 1.96 bits per heavy atom. The predicted molar refractivity (Wildman–Crippen MR) is 93.6 cm³/mol. The Labute approximate surface area is 144 Å². The fourth-order valence-electron chi connectivity index (χ4n) is 3.37. The summed E-state index contributed by atoms with van der Waals surface area (Å²) in [6.45, 7) is 2.48. The maximum atomic E-state index is 13.7. The van der Waals surface area contributed by atoms with Gasteiger partial charge in [-0.2, -0.15) is 0 Å². The van der Waals surface area contributed by atoms with E-state index in [0.717, 1.165) is 12.8 Å². The molecule has 0 unspecified atom stereocenters. The summed E-state index contributed by atoms with van der Waals surface area (Å²) in [6.07, 6.45) is 5.64. The van der Waals surface area contributed by atoms with E-state index in [0.29, 0.717) is 13.0 Å². The van der Waals surface area contributed by atoms with E-state index in [-0.39, 0.29) is 17.2 Å². The van der Waals surface area contributed by atoms with Gasteiger partial charge < -0.3 is 15.0 Å². The lowest BCUT2D eigenvalue weighted by molar-refractivity contribution is -0.129. The van der Waals surface area contributed by atoms with Gasteiger partial charge in [0.15, 0.2) is 17.7 Å². The highest BCUT2D eigenvalue weighted by molar-refractivity contribution is 5.81. The van der Waals surface area contributed by atoms with E-state index in [2.05, 4.69) is 24.3 Å². The van der Waals surface area contributed by atoms with Gasteiger partial charge in [0, 0.05) is 12.1 Å². The lowest BCUT2D eigenvalue weighted by Gasteiger charge is -2.43. The van der Waals surface area contributed by atoms with Gasteiger partial charge in [0.25, 0.3) is 5.91 Å². The minimum Gasteiger partial charge on any atom is -0.478 e. The first-order valence-electron chi connectivity index (χ1n) is 8.85. The first-order chi connectivity index (χ1) is 11.5. The standard InChI is InChI=1S/C19H29FN2O2/c1-4-16(24-17-11-7-6-10-15(17)20)18(23)21-14-19(22(2)3)12-8-5-9-13-19/h6-7,10-11,16H,4-5,8-9,12-14H2,1-3H3,(H,21,23)/t16-/m1/s1. The molecule has 0 bridgehead atoms. The molecular weight excluding hydrogens is 307 g/mol. The van der Waals surface area contributed by atoms with E-state index in [9.17, 15) is 9.18 Å². The summed E-state index contributed by atoms with van der Waals surface area (Å²) in [4.78, 5) is 14.7. The predicted octanol–water partition coefficient (Wildman–Crippen LogP) is 3.36. The first-order valence-corrected chi connectivity index (χ1v) is 8.85. The molecule has 0 heterocycles. The van der Waals surface area contributed by atoms with Crippen molar-refractivity contribution in [2.45, 2.75) is 57.1 Å². The van der Waals surface area contributed by atoms with Crippen LogP contribution in [0.1, 0.15) is 45.4 Å². The van der Waals surface area contributed by atoms with Crippen molar-refractivity contribution >= 4 is 5.91 Å². The van der Waals surface area contributed by atoms with Crippen LogP contribution in [0.25, 0.3) is 0 Å². The second kappa shape index (κ2) is 8.47. The highest BCUT2D eigenvalue weighted by Crippen LogP contribution is 2.31. The lowest BCUT2D eigenvalue weighted by atomic mass is 9.80. The first kappa shape index (κ1) is 18.7.